The van der Waals surface area contributed by atoms with Crippen LogP contribution in [0.25, 0.3) is 51.6 Å². The Balaban J connectivity index is 0.000000185. The first kappa shape index (κ1) is 31.1. The van der Waals surface area contributed by atoms with Crippen LogP contribution in [0, 0.1) is 20.8 Å². The second kappa shape index (κ2) is 14.9. The lowest BCUT2D eigenvalue weighted by Crippen LogP contribution is -1.79. The van der Waals surface area contributed by atoms with Gasteiger partial charge in [0.25, 0.3) is 0 Å². The van der Waals surface area contributed by atoms with Crippen LogP contribution >= 0.6 is 22.7 Å². The van der Waals surface area contributed by atoms with Gasteiger partial charge in [0.1, 0.15) is 0 Å². The largest absolute Gasteiger partial charge is 0.388 e. The van der Waals surface area contributed by atoms with Crippen molar-refractivity contribution in [3.63, 3.8) is 0 Å². The molecule has 0 N–H and O–H groups in total. The zero-order chi connectivity index (χ0) is 30.9. The first-order valence-corrected chi connectivity index (χ1v) is 16.2. The van der Waals surface area contributed by atoms with Gasteiger partial charge in [-0.25, -0.2) is 0 Å². The van der Waals surface area contributed by atoms with Crippen molar-refractivity contribution in [3.05, 3.63) is 150 Å². The standard InChI is InChI=1S/C24H15NS2.2C7H8.C2H6O/c1-14-4-2-5-21-23(14)17-12-15(7-9-19(17)26-21)16-8-10-20-18(13-16)24-22(27-20)6-3-11-25-24;2*1-7-5-3-2-4-6-7;1-3-2/h2-13H,1H3;2*2-6H,1H3;1-2H3. The van der Waals surface area contributed by atoms with E-state index in [9.17, 15) is 0 Å². The number of hydrogen-bond donors (Lipinski definition) is 0. The van der Waals surface area contributed by atoms with Crippen LogP contribution in [0.1, 0.15) is 16.7 Å². The molecule has 8 aromatic rings. The normalized spacial score (nSPS) is 10.5. The number of methoxy groups -OCH3 is 1. The molecule has 0 fully saturated rings. The van der Waals surface area contributed by atoms with Crippen LogP contribution in [0.4, 0.5) is 0 Å². The Labute approximate surface area is 268 Å². The molecule has 0 bridgehead atoms. The van der Waals surface area contributed by atoms with E-state index in [1.54, 1.807) is 14.2 Å². The Morgan fingerprint density at radius 3 is 1.59 bits per heavy atom. The fraction of sp³-hybridized carbons (Fsp3) is 0.125. The first-order chi connectivity index (χ1) is 21.5. The lowest BCUT2D eigenvalue weighted by Gasteiger charge is -2.04. The highest BCUT2D eigenvalue weighted by atomic mass is 32.1. The van der Waals surface area contributed by atoms with E-state index in [0.717, 1.165) is 5.52 Å². The van der Waals surface area contributed by atoms with Crippen molar-refractivity contribution < 1.29 is 4.74 Å². The molecule has 3 aromatic heterocycles. The van der Waals surface area contributed by atoms with E-state index in [0.29, 0.717) is 0 Å². The van der Waals surface area contributed by atoms with Gasteiger partial charge in [0.15, 0.2) is 0 Å². The van der Waals surface area contributed by atoms with Gasteiger partial charge in [0.2, 0.25) is 0 Å². The summed E-state index contributed by atoms with van der Waals surface area (Å²) in [6, 6.07) is 44.9. The number of aromatic nitrogens is 1. The number of fused-ring (bicyclic) bond motifs is 6. The average molecular weight is 612 g/mol. The number of hydrogen-bond acceptors (Lipinski definition) is 4. The second-order valence-electron chi connectivity index (χ2n) is 10.6. The first-order valence-electron chi connectivity index (χ1n) is 14.6. The molecule has 0 atom stereocenters. The zero-order valence-electron chi connectivity index (χ0n) is 25.9. The Bertz CT molecular complexity index is 2060. The van der Waals surface area contributed by atoms with Gasteiger partial charge in [0.05, 0.1) is 10.2 Å². The predicted octanol–water partition coefficient (Wildman–Crippen LogP) is 12.0. The molecule has 4 heteroatoms. The molecule has 0 spiro atoms. The molecular weight excluding hydrogens is 575 g/mol. The Kier molecular flexibility index (Phi) is 10.5. The van der Waals surface area contributed by atoms with Crippen LogP contribution in [0.2, 0.25) is 0 Å². The maximum Gasteiger partial charge on any atom is 0.0888 e. The zero-order valence-corrected chi connectivity index (χ0v) is 27.5. The SMILES string of the molecule is COC.Cc1cccc2sc3ccc(-c4ccc5sc6cccnc6c5c4)cc3c12.Cc1ccccc1.Cc1ccccc1. The molecule has 2 nitrogen and oxygen atoms in total. The van der Waals surface area contributed by atoms with Gasteiger partial charge in [-0.15, -0.1) is 22.7 Å². The quantitative estimate of drug-likeness (QED) is 0.184. The molecule has 0 aliphatic heterocycles. The van der Waals surface area contributed by atoms with Crippen LogP contribution in [0.15, 0.2) is 134 Å². The van der Waals surface area contributed by atoms with Gasteiger partial charge in [-0.05, 0) is 79.9 Å². The molecule has 5 aromatic carbocycles. The number of pyridine rings is 1. The summed E-state index contributed by atoms with van der Waals surface area (Å²) in [5.41, 5.74) is 7.62. The summed E-state index contributed by atoms with van der Waals surface area (Å²) in [6.45, 7) is 6.37. The van der Waals surface area contributed by atoms with Crippen LogP contribution in [0.5, 0.6) is 0 Å². The Morgan fingerprint density at radius 2 is 1.02 bits per heavy atom. The Hall–Kier alpha value is -4.35. The van der Waals surface area contributed by atoms with Gasteiger partial charge in [-0.3, -0.25) is 4.98 Å². The van der Waals surface area contributed by atoms with Gasteiger partial charge >= 0.3 is 0 Å². The molecule has 220 valence electrons. The molecule has 0 aliphatic carbocycles. The molecule has 0 radical (unpaired) electrons. The Morgan fingerprint density at radius 1 is 0.500 bits per heavy atom. The van der Waals surface area contributed by atoms with Crippen LogP contribution in [-0.2, 0) is 4.74 Å². The van der Waals surface area contributed by atoms with Crippen molar-refractivity contribution in [2.75, 3.05) is 14.2 Å². The molecule has 0 saturated heterocycles. The summed E-state index contributed by atoms with van der Waals surface area (Å²) in [6.07, 6.45) is 1.88. The maximum absolute atomic E-state index is 4.61. The minimum atomic E-state index is 1.11. The van der Waals surface area contributed by atoms with Crippen LogP contribution in [0.3, 0.4) is 0 Å². The summed E-state index contributed by atoms with van der Waals surface area (Å²) in [7, 11) is 3.25. The monoisotopic (exact) mass is 611 g/mol. The number of thiophene rings is 2. The van der Waals surface area contributed by atoms with Gasteiger partial charge in [0, 0.05) is 50.7 Å². The van der Waals surface area contributed by atoms with Crippen molar-refractivity contribution in [1.29, 1.82) is 0 Å². The van der Waals surface area contributed by atoms with Crippen molar-refractivity contribution in [2.24, 2.45) is 0 Å². The summed E-state index contributed by atoms with van der Waals surface area (Å²) >= 11 is 3.69. The molecule has 44 heavy (non-hydrogen) atoms. The van der Waals surface area contributed by atoms with E-state index in [4.69, 9.17) is 0 Å². The van der Waals surface area contributed by atoms with E-state index in [1.807, 2.05) is 71.3 Å². The summed E-state index contributed by atoms with van der Waals surface area (Å²) in [4.78, 5) is 4.61. The number of rotatable bonds is 1. The highest BCUT2D eigenvalue weighted by molar-refractivity contribution is 7.26. The highest BCUT2D eigenvalue weighted by Crippen LogP contribution is 2.39. The van der Waals surface area contributed by atoms with E-state index in [2.05, 4.69) is 115 Å². The van der Waals surface area contributed by atoms with Crippen LogP contribution in [-0.4, -0.2) is 19.2 Å². The summed E-state index contributed by atoms with van der Waals surface area (Å²) in [5.74, 6) is 0. The number of ether oxygens (including phenoxy) is 1. The number of benzene rings is 5. The number of nitrogens with zero attached hydrogens (tertiary/aromatic N) is 1. The average Bonchev–Trinajstić information content (AvgIpc) is 3.61. The lowest BCUT2D eigenvalue weighted by atomic mass is 10.0. The number of aryl methyl sites for hydroxylation is 3. The van der Waals surface area contributed by atoms with Crippen molar-refractivity contribution >= 4 is 63.1 Å². The van der Waals surface area contributed by atoms with Gasteiger partial charge in [-0.2, -0.15) is 0 Å². The van der Waals surface area contributed by atoms with Crippen LogP contribution < -0.4 is 0 Å². The summed E-state index contributed by atoms with van der Waals surface area (Å²) in [5, 5.41) is 4.00. The minimum Gasteiger partial charge on any atom is -0.388 e. The van der Waals surface area contributed by atoms with E-state index >= 15 is 0 Å². The second-order valence-corrected chi connectivity index (χ2v) is 12.8. The fourth-order valence-corrected chi connectivity index (χ4v) is 7.24. The lowest BCUT2D eigenvalue weighted by molar-refractivity contribution is 0.277. The third-order valence-corrected chi connectivity index (χ3v) is 9.40. The fourth-order valence-electron chi connectivity index (χ4n) is 5.03. The molecule has 0 amide bonds. The summed E-state index contributed by atoms with van der Waals surface area (Å²) < 4.78 is 9.52. The van der Waals surface area contributed by atoms with Crippen molar-refractivity contribution in [3.8, 4) is 11.1 Å². The smallest absolute Gasteiger partial charge is 0.0888 e. The van der Waals surface area contributed by atoms with E-state index < -0.39 is 0 Å². The molecule has 0 saturated carbocycles. The topological polar surface area (TPSA) is 22.1 Å². The van der Waals surface area contributed by atoms with Crippen molar-refractivity contribution in [1.82, 2.24) is 4.98 Å². The highest BCUT2D eigenvalue weighted by Gasteiger charge is 2.11. The predicted molar refractivity (Wildman–Crippen MR) is 195 cm³/mol. The van der Waals surface area contributed by atoms with E-state index in [-0.39, 0.29) is 0 Å². The van der Waals surface area contributed by atoms with Gasteiger partial charge < -0.3 is 4.74 Å². The third-order valence-electron chi connectivity index (χ3n) is 7.14. The third kappa shape index (κ3) is 7.40. The minimum absolute atomic E-state index is 1.11. The molecule has 0 unspecified atom stereocenters. The van der Waals surface area contributed by atoms with Gasteiger partial charge in [-0.1, -0.05) is 96.1 Å². The molecule has 0 aliphatic rings. The molecular formula is C40H37NOS2. The van der Waals surface area contributed by atoms with E-state index in [1.165, 1.54) is 62.8 Å². The maximum atomic E-state index is 4.61. The molecule has 8 rings (SSSR count). The molecule has 3 heterocycles. The van der Waals surface area contributed by atoms with Crippen molar-refractivity contribution in [2.45, 2.75) is 20.8 Å².